The normalized spacial score (nSPS) is 18.0. The van der Waals surface area contributed by atoms with E-state index in [2.05, 4.69) is 52.2 Å². The van der Waals surface area contributed by atoms with Crippen LogP contribution in [0.2, 0.25) is 0 Å². The Kier molecular flexibility index (Phi) is 8.19. The van der Waals surface area contributed by atoms with Crippen LogP contribution in [0.15, 0.2) is 35.3 Å². The second kappa shape index (κ2) is 11.8. The predicted molar refractivity (Wildman–Crippen MR) is 160 cm³/mol. The van der Waals surface area contributed by atoms with Crippen LogP contribution in [0.25, 0.3) is 22.2 Å². The average Bonchev–Trinajstić information content (AvgIpc) is 3.49. The lowest BCUT2D eigenvalue weighted by atomic mass is 9.99. The summed E-state index contributed by atoms with van der Waals surface area (Å²) >= 11 is 3.04. The van der Waals surface area contributed by atoms with Gasteiger partial charge in [-0.05, 0) is 52.9 Å². The summed E-state index contributed by atoms with van der Waals surface area (Å²) < 4.78 is 15.3. The molecule has 0 spiro atoms. The number of nitrogen functional groups attached to an aromatic ring is 1. The number of nitrogens with two attached hydrogens (primary N) is 1. The smallest absolute Gasteiger partial charge is 0.248 e. The molecule has 4 aromatic rings. The van der Waals surface area contributed by atoms with Crippen LogP contribution in [0.4, 0.5) is 16.2 Å². The van der Waals surface area contributed by atoms with Gasteiger partial charge in [0.2, 0.25) is 17.8 Å². The van der Waals surface area contributed by atoms with Crippen LogP contribution in [0.3, 0.4) is 0 Å². The van der Waals surface area contributed by atoms with E-state index >= 15 is 0 Å². The molecule has 0 unspecified atom stereocenters. The van der Waals surface area contributed by atoms with Crippen LogP contribution in [-0.2, 0) is 16.1 Å². The second-order valence-corrected chi connectivity index (χ2v) is 11.2. The van der Waals surface area contributed by atoms with E-state index in [1.165, 1.54) is 41.2 Å². The third-order valence-electron chi connectivity index (χ3n) is 7.45. The first-order valence-electron chi connectivity index (χ1n) is 13.3. The molecule has 2 amide bonds. The number of likely N-dealkylation sites (tertiary alicyclic amines) is 1. The summed E-state index contributed by atoms with van der Waals surface area (Å²) in [5.41, 5.74) is 7.72. The van der Waals surface area contributed by atoms with E-state index in [0.717, 1.165) is 0 Å². The van der Waals surface area contributed by atoms with Crippen molar-refractivity contribution in [1.82, 2.24) is 34.6 Å². The molecule has 3 atom stereocenters. The number of aryl methyl sites for hydroxylation is 1. The number of hydrogen-bond acceptors (Lipinski definition) is 9. The van der Waals surface area contributed by atoms with Gasteiger partial charge in [0.25, 0.3) is 0 Å². The van der Waals surface area contributed by atoms with Crippen LogP contribution in [0.1, 0.15) is 42.7 Å². The number of fused-ring (bicyclic) bond motifs is 1. The summed E-state index contributed by atoms with van der Waals surface area (Å²) in [5.74, 6) is 1.08. The summed E-state index contributed by atoms with van der Waals surface area (Å²) in [4.78, 5) is 58.0. The summed E-state index contributed by atoms with van der Waals surface area (Å²) in [6.45, 7) is 4.66. The summed E-state index contributed by atoms with van der Waals surface area (Å²) in [6, 6.07) is 1.66. The van der Waals surface area contributed by atoms with Gasteiger partial charge in [0.1, 0.15) is 28.7 Å². The third-order valence-corrected chi connectivity index (χ3v) is 8.01. The number of halogens is 2. The molecule has 1 saturated heterocycles. The van der Waals surface area contributed by atoms with E-state index in [4.69, 9.17) is 12.2 Å². The number of hydrogen-bond donors (Lipinski definition) is 2. The highest BCUT2D eigenvalue weighted by atomic mass is 79.9. The highest BCUT2D eigenvalue weighted by molar-refractivity contribution is 9.10. The fraction of sp³-hybridized carbons (Fsp3) is 0.310. The molecule has 1 fully saturated rings. The monoisotopic (exact) mass is 647 g/mol. The van der Waals surface area contributed by atoms with Gasteiger partial charge in [-0.15, -0.1) is 12.3 Å². The van der Waals surface area contributed by atoms with Gasteiger partial charge in [-0.1, -0.05) is 6.92 Å². The number of aromatic nitrogens is 6. The third kappa shape index (κ3) is 5.80. The van der Waals surface area contributed by atoms with Crippen LogP contribution in [0, 0.1) is 31.0 Å². The summed E-state index contributed by atoms with van der Waals surface area (Å²) in [5, 5.41) is 7.68. The molecule has 4 aromatic heterocycles. The standard InChI is InChI=1S/C29H27BrFN9O3/c1-5-6-21-14(2)8-22(28(43)37-27-15(3)7-19(31)26(30)36-27)40(21)24(42)13-39-23-12-33-20(17-10-34-29(32)35-11-17)9-18(23)25(38-39)16(4)41/h1,7,9-12,14,21-22H,6,8,13H2,2-4H3,(H2,32,34,35)(H,36,37,43)/t14-,21+,22-/m0/s1. The number of terminal acetylenes is 1. The molecule has 0 bridgehead atoms. The fourth-order valence-electron chi connectivity index (χ4n) is 5.32. The van der Waals surface area contributed by atoms with Gasteiger partial charge in [-0.25, -0.2) is 19.3 Å². The molecule has 0 aliphatic carbocycles. The van der Waals surface area contributed by atoms with Gasteiger partial charge < -0.3 is 16.0 Å². The van der Waals surface area contributed by atoms with Crippen molar-refractivity contribution in [3.63, 3.8) is 0 Å². The maximum Gasteiger partial charge on any atom is 0.248 e. The van der Waals surface area contributed by atoms with Crippen molar-refractivity contribution < 1.29 is 18.8 Å². The Hall–Kier alpha value is -4.77. The molecule has 1 aliphatic rings. The first-order valence-corrected chi connectivity index (χ1v) is 14.1. The summed E-state index contributed by atoms with van der Waals surface area (Å²) in [7, 11) is 0. The van der Waals surface area contributed by atoms with Crippen LogP contribution in [-0.4, -0.2) is 64.3 Å². The molecule has 0 radical (unpaired) electrons. The van der Waals surface area contributed by atoms with Gasteiger partial charge in [0.15, 0.2) is 11.6 Å². The molecule has 43 heavy (non-hydrogen) atoms. The molecule has 0 aromatic carbocycles. The Morgan fingerprint density at radius 1 is 1.21 bits per heavy atom. The van der Waals surface area contributed by atoms with Crippen LogP contribution < -0.4 is 11.1 Å². The molecule has 3 N–H and O–H groups in total. The number of nitrogens with one attached hydrogen (secondary N) is 1. The fourth-order valence-corrected chi connectivity index (χ4v) is 5.61. The summed E-state index contributed by atoms with van der Waals surface area (Å²) in [6.07, 6.45) is 10.8. The van der Waals surface area contributed by atoms with E-state index in [1.54, 1.807) is 13.0 Å². The Morgan fingerprint density at radius 2 is 1.93 bits per heavy atom. The maximum absolute atomic E-state index is 13.9. The maximum atomic E-state index is 13.9. The largest absolute Gasteiger partial charge is 0.368 e. The Bertz CT molecular complexity index is 1800. The first kappa shape index (κ1) is 29.7. The van der Waals surface area contributed by atoms with Crippen molar-refractivity contribution in [1.29, 1.82) is 0 Å². The van der Waals surface area contributed by atoms with Crippen molar-refractivity contribution in [3.05, 3.63) is 52.4 Å². The zero-order chi connectivity index (χ0) is 31.0. The predicted octanol–water partition coefficient (Wildman–Crippen LogP) is 3.55. The van der Waals surface area contributed by atoms with Gasteiger partial charge in [0, 0.05) is 42.7 Å². The SMILES string of the molecule is C#CC[C@@H]1[C@@H](C)C[C@@H](C(=O)Nc2nc(Br)c(F)cc2C)N1C(=O)Cn1nc(C(C)=O)c2cc(-c3cnc(N)nc3)ncc21. The Balaban J connectivity index is 1.47. The number of ketones is 1. The van der Waals surface area contributed by atoms with Crippen molar-refractivity contribution in [3.8, 4) is 23.6 Å². The molecular weight excluding hydrogens is 621 g/mol. The van der Waals surface area contributed by atoms with Crippen molar-refractivity contribution in [2.24, 2.45) is 5.92 Å². The van der Waals surface area contributed by atoms with Crippen molar-refractivity contribution in [2.75, 3.05) is 11.1 Å². The minimum Gasteiger partial charge on any atom is -0.368 e. The topological polar surface area (TPSA) is 162 Å². The van der Waals surface area contributed by atoms with Crippen molar-refractivity contribution in [2.45, 2.75) is 52.2 Å². The van der Waals surface area contributed by atoms with Crippen LogP contribution >= 0.6 is 15.9 Å². The number of nitrogens with zero attached hydrogens (tertiary/aromatic N) is 7. The number of anilines is 2. The number of carbonyl (C=O) groups excluding carboxylic acids is 3. The molecular formula is C29H27BrFN9O3. The molecule has 0 saturated carbocycles. The highest BCUT2D eigenvalue weighted by Crippen LogP contribution is 2.34. The molecule has 12 nitrogen and oxygen atoms in total. The van der Waals surface area contributed by atoms with Gasteiger partial charge in [-0.2, -0.15) is 5.10 Å². The second-order valence-electron chi connectivity index (χ2n) is 10.4. The number of rotatable bonds is 7. The van der Waals surface area contributed by atoms with E-state index in [9.17, 15) is 18.8 Å². The lowest BCUT2D eigenvalue weighted by Gasteiger charge is -2.30. The lowest BCUT2D eigenvalue weighted by Crippen LogP contribution is -2.48. The minimum atomic E-state index is -0.866. The number of amides is 2. The molecule has 1 aliphatic heterocycles. The highest BCUT2D eigenvalue weighted by Gasteiger charge is 2.45. The minimum absolute atomic E-state index is 0.0427. The van der Waals surface area contributed by atoms with E-state index in [-0.39, 0.29) is 46.7 Å². The molecule has 5 rings (SSSR count). The zero-order valence-electron chi connectivity index (χ0n) is 23.5. The lowest BCUT2D eigenvalue weighted by molar-refractivity contribution is -0.139. The molecule has 5 heterocycles. The van der Waals surface area contributed by atoms with Gasteiger partial charge in [0.05, 0.1) is 17.4 Å². The van der Waals surface area contributed by atoms with Crippen molar-refractivity contribution >= 4 is 56.2 Å². The average molecular weight is 648 g/mol. The Labute approximate surface area is 254 Å². The molecule has 220 valence electrons. The van der Waals surface area contributed by atoms with Gasteiger partial charge in [-0.3, -0.25) is 24.0 Å². The van der Waals surface area contributed by atoms with E-state index < -0.39 is 29.7 Å². The number of carbonyl (C=O) groups is 3. The van der Waals surface area contributed by atoms with Crippen LogP contribution in [0.5, 0.6) is 0 Å². The van der Waals surface area contributed by atoms with E-state index in [0.29, 0.717) is 34.1 Å². The van der Waals surface area contributed by atoms with Gasteiger partial charge >= 0.3 is 0 Å². The molecule has 14 heteroatoms. The van der Waals surface area contributed by atoms with E-state index in [1.807, 2.05) is 6.92 Å². The zero-order valence-corrected chi connectivity index (χ0v) is 25.1. The number of Topliss-reactive ketones (excluding diaryl/α,β-unsaturated/α-hetero) is 1. The quantitative estimate of drug-likeness (QED) is 0.173. The number of pyridine rings is 2. The Morgan fingerprint density at radius 3 is 2.60 bits per heavy atom. The first-order chi connectivity index (χ1) is 20.5.